The molecule has 0 fully saturated rings. The lowest BCUT2D eigenvalue weighted by atomic mass is 9.90. The number of para-hydroxylation sites is 1. The molecule has 0 saturated carbocycles. The Morgan fingerprint density at radius 2 is 2.05 bits per heavy atom. The largest absolute Gasteiger partial charge is 0.340 e. The van der Waals surface area contributed by atoms with Gasteiger partial charge in [0.25, 0.3) is 0 Å². The van der Waals surface area contributed by atoms with E-state index < -0.39 is 0 Å². The molecule has 0 bridgehead atoms. The number of fused-ring (bicyclic) bond motifs is 3. The van der Waals surface area contributed by atoms with Crippen LogP contribution < -0.4 is 0 Å². The molecule has 0 radical (unpaired) electrons. The summed E-state index contributed by atoms with van der Waals surface area (Å²) in [7, 11) is 0. The van der Waals surface area contributed by atoms with Gasteiger partial charge in [0.1, 0.15) is 0 Å². The molecule has 100 valence electrons. The molecule has 2 heteroatoms. The van der Waals surface area contributed by atoms with Crippen molar-refractivity contribution in [3.8, 4) is 0 Å². The molecule has 4 rings (SSSR count). The minimum absolute atomic E-state index is 0.654. The number of rotatable bonds is 1. The lowest BCUT2D eigenvalue weighted by molar-refractivity contribution is 0.151. The fourth-order valence-corrected chi connectivity index (χ4v) is 4.26. The highest BCUT2D eigenvalue weighted by molar-refractivity contribution is 5.86. The molecular formula is C17H22N2. The Balaban J connectivity index is 2.04. The van der Waals surface area contributed by atoms with Crippen LogP contribution in [-0.4, -0.2) is 22.6 Å². The maximum atomic E-state index is 2.67. The van der Waals surface area contributed by atoms with Gasteiger partial charge in [0, 0.05) is 29.2 Å². The minimum Gasteiger partial charge on any atom is -0.340 e. The highest BCUT2D eigenvalue weighted by Crippen LogP contribution is 2.45. The molecule has 2 aromatic rings. The van der Waals surface area contributed by atoms with Gasteiger partial charge in [-0.25, -0.2) is 0 Å². The van der Waals surface area contributed by atoms with E-state index >= 15 is 0 Å². The average Bonchev–Trinajstić information content (AvgIpc) is 2.79. The summed E-state index contributed by atoms with van der Waals surface area (Å²) >= 11 is 0. The summed E-state index contributed by atoms with van der Waals surface area (Å²) in [6.07, 6.45) is 3.87. The Kier molecular flexibility index (Phi) is 2.49. The Labute approximate surface area is 115 Å². The van der Waals surface area contributed by atoms with Crippen LogP contribution in [-0.2, 0) is 6.42 Å². The van der Waals surface area contributed by atoms with Crippen LogP contribution in [0.5, 0.6) is 0 Å². The van der Waals surface area contributed by atoms with Gasteiger partial charge in [-0.3, -0.25) is 4.90 Å². The number of hydrogen-bond donors (Lipinski definition) is 0. The Bertz CT molecular complexity index is 625. The number of nitrogens with zero attached hydrogens (tertiary/aromatic N) is 2. The molecular weight excluding hydrogens is 232 g/mol. The van der Waals surface area contributed by atoms with Gasteiger partial charge in [-0.1, -0.05) is 25.1 Å². The molecule has 1 aromatic heterocycles. The van der Waals surface area contributed by atoms with Crippen molar-refractivity contribution >= 4 is 10.9 Å². The van der Waals surface area contributed by atoms with Gasteiger partial charge in [0.15, 0.2) is 0 Å². The van der Waals surface area contributed by atoms with Crippen LogP contribution in [0, 0.1) is 0 Å². The van der Waals surface area contributed by atoms with Gasteiger partial charge in [0.2, 0.25) is 0 Å². The molecule has 1 aromatic carbocycles. The molecule has 2 nitrogen and oxygen atoms in total. The molecule has 3 heterocycles. The van der Waals surface area contributed by atoms with Crippen molar-refractivity contribution in [1.82, 2.24) is 9.47 Å². The van der Waals surface area contributed by atoms with E-state index in [0.717, 1.165) is 0 Å². The van der Waals surface area contributed by atoms with E-state index in [4.69, 9.17) is 0 Å². The standard InChI is InChI=1S/C17H22N2/c1-3-18-11-10-14-13-6-4-5-7-15(13)19-12(2)8-9-16(18)17(14)19/h4-7,12,16H,3,8-11H2,1-2H3. The first-order valence-electron chi connectivity index (χ1n) is 7.67. The van der Waals surface area contributed by atoms with Crippen molar-refractivity contribution in [2.45, 2.75) is 45.2 Å². The van der Waals surface area contributed by atoms with Crippen molar-refractivity contribution in [2.75, 3.05) is 13.1 Å². The SMILES string of the molecule is CCN1CCc2c3n(c4ccccc24)C(C)CCC31. The first-order valence-corrected chi connectivity index (χ1v) is 7.67. The minimum atomic E-state index is 0.654. The second kappa shape index (κ2) is 4.11. The van der Waals surface area contributed by atoms with Gasteiger partial charge < -0.3 is 4.57 Å². The normalized spacial score (nSPS) is 26.6. The summed E-state index contributed by atoms with van der Waals surface area (Å²) in [5, 5.41) is 1.51. The summed E-state index contributed by atoms with van der Waals surface area (Å²) in [4.78, 5) is 2.67. The van der Waals surface area contributed by atoms with Crippen molar-refractivity contribution in [3.05, 3.63) is 35.5 Å². The van der Waals surface area contributed by atoms with E-state index in [1.165, 1.54) is 43.3 Å². The van der Waals surface area contributed by atoms with Gasteiger partial charge >= 0.3 is 0 Å². The first-order chi connectivity index (χ1) is 9.31. The van der Waals surface area contributed by atoms with E-state index in [2.05, 4.69) is 47.6 Å². The lowest BCUT2D eigenvalue weighted by Crippen LogP contribution is -2.38. The van der Waals surface area contributed by atoms with E-state index in [1.54, 1.807) is 11.3 Å². The van der Waals surface area contributed by atoms with E-state index in [1.807, 2.05) is 0 Å². The van der Waals surface area contributed by atoms with Crippen molar-refractivity contribution in [3.63, 3.8) is 0 Å². The molecule has 0 spiro atoms. The third kappa shape index (κ3) is 1.47. The monoisotopic (exact) mass is 254 g/mol. The van der Waals surface area contributed by atoms with Crippen molar-refractivity contribution in [2.24, 2.45) is 0 Å². The first kappa shape index (κ1) is 11.5. The van der Waals surface area contributed by atoms with E-state index in [0.29, 0.717) is 12.1 Å². The lowest BCUT2D eigenvalue weighted by Gasteiger charge is -2.41. The van der Waals surface area contributed by atoms with Gasteiger partial charge in [-0.15, -0.1) is 0 Å². The molecule has 0 N–H and O–H groups in total. The Hall–Kier alpha value is -1.28. The average molecular weight is 254 g/mol. The van der Waals surface area contributed by atoms with Crippen LogP contribution >= 0.6 is 0 Å². The number of benzene rings is 1. The van der Waals surface area contributed by atoms with Crippen LogP contribution in [0.4, 0.5) is 0 Å². The predicted octanol–water partition coefficient (Wildman–Crippen LogP) is 3.92. The molecule has 2 atom stereocenters. The predicted molar refractivity (Wildman–Crippen MR) is 79.6 cm³/mol. The Morgan fingerprint density at radius 3 is 2.89 bits per heavy atom. The molecule has 0 saturated heterocycles. The summed E-state index contributed by atoms with van der Waals surface area (Å²) in [5.74, 6) is 0. The second-order valence-corrected chi connectivity index (χ2v) is 6.07. The Morgan fingerprint density at radius 1 is 1.21 bits per heavy atom. The molecule has 2 unspecified atom stereocenters. The van der Waals surface area contributed by atoms with Crippen LogP contribution in [0.3, 0.4) is 0 Å². The molecule has 19 heavy (non-hydrogen) atoms. The van der Waals surface area contributed by atoms with E-state index in [-0.39, 0.29) is 0 Å². The highest BCUT2D eigenvalue weighted by Gasteiger charge is 2.36. The van der Waals surface area contributed by atoms with Gasteiger partial charge in [-0.05, 0) is 44.4 Å². The number of aromatic nitrogens is 1. The van der Waals surface area contributed by atoms with Crippen molar-refractivity contribution in [1.29, 1.82) is 0 Å². The van der Waals surface area contributed by atoms with E-state index in [9.17, 15) is 0 Å². The van der Waals surface area contributed by atoms with Crippen molar-refractivity contribution < 1.29 is 0 Å². The van der Waals surface area contributed by atoms with Crippen LogP contribution in [0.25, 0.3) is 10.9 Å². The van der Waals surface area contributed by atoms with Crippen LogP contribution in [0.2, 0.25) is 0 Å². The molecule has 0 amide bonds. The molecule has 2 aliphatic rings. The zero-order chi connectivity index (χ0) is 13.0. The van der Waals surface area contributed by atoms with Gasteiger partial charge in [0.05, 0.1) is 6.04 Å². The van der Waals surface area contributed by atoms with Crippen LogP contribution in [0.1, 0.15) is 50.0 Å². The number of hydrogen-bond acceptors (Lipinski definition) is 1. The zero-order valence-corrected chi connectivity index (χ0v) is 11.9. The maximum absolute atomic E-state index is 2.67. The third-order valence-electron chi connectivity index (χ3n) is 5.17. The smallest absolute Gasteiger partial charge is 0.0504 e. The zero-order valence-electron chi connectivity index (χ0n) is 11.9. The topological polar surface area (TPSA) is 8.17 Å². The summed E-state index contributed by atoms with van der Waals surface area (Å²) < 4.78 is 2.64. The summed E-state index contributed by atoms with van der Waals surface area (Å²) in [6.45, 7) is 7.10. The fourth-order valence-electron chi connectivity index (χ4n) is 4.26. The highest BCUT2D eigenvalue weighted by atomic mass is 15.2. The summed E-state index contributed by atoms with van der Waals surface area (Å²) in [6, 6.07) is 10.3. The van der Waals surface area contributed by atoms with Crippen LogP contribution in [0.15, 0.2) is 24.3 Å². The second-order valence-electron chi connectivity index (χ2n) is 6.07. The number of likely N-dealkylation sites (N-methyl/N-ethyl adjacent to an activating group) is 1. The maximum Gasteiger partial charge on any atom is 0.0504 e. The summed E-state index contributed by atoms with van der Waals surface area (Å²) in [5.41, 5.74) is 4.73. The fraction of sp³-hybridized carbons (Fsp3) is 0.529. The van der Waals surface area contributed by atoms with Gasteiger partial charge in [-0.2, -0.15) is 0 Å². The third-order valence-corrected chi connectivity index (χ3v) is 5.17. The quantitative estimate of drug-likeness (QED) is 0.749. The molecule has 0 aliphatic carbocycles. The molecule has 2 aliphatic heterocycles.